The maximum Gasteiger partial charge on any atom is 0.394 e. The summed E-state index contributed by atoms with van der Waals surface area (Å²) in [6.07, 6.45) is -4.70. The molecule has 2 N–H and O–H groups in total. The Balaban J connectivity index is 1.75. The molecule has 0 aliphatic carbocycles. The van der Waals surface area contributed by atoms with Gasteiger partial charge in [-0.2, -0.15) is 17.9 Å². The number of hydrogen-bond donors (Lipinski definition) is 2. The van der Waals surface area contributed by atoms with Gasteiger partial charge in [0.25, 0.3) is 0 Å². The minimum absolute atomic E-state index is 0.315. The smallest absolute Gasteiger partial charge is 0.394 e. The van der Waals surface area contributed by atoms with Crippen molar-refractivity contribution >= 4 is 17.7 Å². The molecule has 2 amide bonds. The van der Waals surface area contributed by atoms with Crippen LogP contribution in [0, 0.1) is 18.8 Å². The van der Waals surface area contributed by atoms with E-state index in [9.17, 15) is 22.8 Å². The van der Waals surface area contributed by atoms with E-state index >= 15 is 0 Å². The number of carboxylic acids is 1. The van der Waals surface area contributed by atoms with Crippen LogP contribution in [0.15, 0.2) is 24.3 Å². The molecule has 2 aromatic rings. The van der Waals surface area contributed by atoms with Crippen molar-refractivity contribution < 1.29 is 27.9 Å². The van der Waals surface area contributed by atoms with Gasteiger partial charge >= 0.3 is 18.2 Å². The topological polar surface area (TPSA) is 113 Å². The zero-order chi connectivity index (χ0) is 19.8. The van der Waals surface area contributed by atoms with Crippen molar-refractivity contribution in [2.45, 2.75) is 13.1 Å². The summed E-state index contributed by atoms with van der Waals surface area (Å²) < 4.78 is 40.5. The van der Waals surface area contributed by atoms with Gasteiger partial charge in [-0.1, -0.05) is 6.07 Å². The Morgan fingerprint density at radius 2 is 2.04 bits per heavy atom. The van der Waals surface area contributed by atoms with Gasteiger partial charge in [-0.25, -0.2) is 4.79 Å². The number of urea groups is 1. The number of rotatable bonds is 3. The van der Waals surface area contributed by atoms with Crippen molar-refractivity contribution in [2.24, 2.45) is 11.8 Å². The number of halogens is 3. The zero-order valence-electron chi connectivity index (χ0n) is 14.0. The third-order valence-electron chi connectivity index (χ3n) is 4.31. The Kier molecular flexibility index (Phi) is 4.72. The maximum atomic E-state index is 13.0. The summed E-state index contributed by atoms with van der Waals surface area (Å²) in [5.74, 6) is -4.86. The number of carbonyl (C=O) groups is 2. The molecule has 0 unspecified atom stereocenters. The zero-order valence-corrected chi connectivity index (χ0v) is 14.0. The van der Waals surface area contributed by atoms with Crippen LogP contribution in [0.1, 0.15) is 5.82 Å². The van der Waals surface area contributed by atoms with Gasteiger partial charge in [0.05, 0.1) is 17.5 Å². The molecule has 9 nitrogen and oxygen atoms in total. The van der Waals surface area contributed by atoms with Crippen LogP contribution in [-0.2, 0) is 4.79 Å². The lowest BCUT2D eigenvalue weighted by Gasteiger charge is -2.19. The van der Waals surface area contributed by atoms with E-state index in [-0.39, 0.29) is 0 Å². The van der Waals surface area contributed by atoms with E-state index < -0.39 is 43.1 Å². The minimum atomic E-state index is -4.70. The number of amides is 2. The highest BCUT2D eigenvalue weighted by atomic mass is 19.4. The van der Waals surface area contributed by atoms with E-state index in [0.717, 1.165) is 4.90 Å². The van der Waals surface area contributed by atoms with Crippen molar-refractivity contribution in [3.05, 3.63) is 30.1 Å². The number of aryl methyl sites for hydroxylation is 1. The van der Waals surface area contributed by atoms with Crippen molar-refractivity contribution in [2.75, 3.05) is 18.4 Å². The van der Waals surface area contributed by atoms with Gasteiger partial charge in [0.2, 0.25) is 0 Å². The fourth-order valence-corrected chi connectivity index (χ4v) is 2.94. The monoisotopic (exact) mass is 384 g/mol. The molecule has 2 atom stereocenters. The Labute approximate surface area is 150 Å². The number of benzene rings is 1. The normalized spacial score (nSPS) is 19.9. The van der Waals surface area contributed by atoms with Crippen LogP contribution in [0.25, 0.3) is 5.69 Å². The third kappa shape index (κ3) is 3.83. The Morgan fingerprint density at radius 1 is 1.30 bits per heavy atom. The molecule has 0 spiro atoms. The summed E-state index contributed by atoms with van der Waals surface area (Å²) in [6, 6.07) is 5.60. The van der Waals surface area contributed by atoms with E-state index in [1.54, 1.807) is 31.2 Å². The SMILES string of the molecule is Cc1nnnn1-c1cccc(NC(=O)N2C[C@@H](C(F)(F)F)[C@H](C(=O)O)C2)c1. The average molecular weight is 384 g/mol. The Bertz CT molecular complexity index is 868. The molecule has 1 aromatic heterocycles. The summed E-state index contributed by atoms with van der Waals surface area (Å²) in [7, 11) is 0. The number of likely N-dealkylation sites (tertiary alicyclic amines) is 1. The number of carboxylic acid groups (broad SMARTS) is 1. The molecule has 1 aliphatic heterocycles. The quantitative estimate of drug-likeness (QED) is 0.833. The second kappa shape index (κ2) is 6.85. The van der Waals surface area contributed by atoms with Crippen LogP contribution in [0.3, 0.4) is 0 Å². The van der Waals surface area contributed by atoms with E-state index in [2.05, 4.69) is 20.8 Å². The van der Waals surface area contributed by atoms with Crippen LogP contribution in [-0.4, -0.2) is 61.5 Å². The van der Waals surface area contributed by atoms with Gasteiger partial charge in [0.1, 0.15) is 0 Å². The molecule has 1 aliphatic rings. The van der Waals surface area contributed by atoms with E-state index in [1.807, 2.05) is 0 Å². The standard InChI is InChI=1S/C15H15F3N6O3/c1-8-20-21-22-24(8)10-4-2-3-9(5-10)19-14(27)23-6-11(13(25)26)12(7-23)15(16,17)18/h2-5,11-12H,6-7H2,1H3,(H,19,27)(H,25,26)/t11-,12-/m1/s1. The first-order valence-corrected chi connectivity index (χ1v) is 7.87. The van der Waals surface area contributed by atoms with Crippen LogP contribution < -0.4 is 5.32 Å². The van der Waals surface area contributed by atoms with E-state index in [4.69, 9.17) is 5.11 Å². The first kappa shape index (κ1) is 18.6. The van der Waals surface area contributed by atoms with Crippen molar-refractivity contribution in [1.29, 1.82) is 0 Å². The lowest BCUT2D eigenvalue weighted by atomic mass is 9.96. The number of aromatic nitrogens is 4. The molecule has 12 heteroatoms. The molecular weight excluding hydrogens is 369 g/mol. The summed E-state index contributed by atoms with van der Waals surface area (Å²) in [5.41, 5.74) is 0.864. The first-order valence-electron chi connectivity index (χ1n) is 7.87. The number of hydrogen-bond acceptors (Lipinski definition) is 5. The van der Waals surface area contributed by atoms with Gasteiger partial charge in [0.15, 0.2) is 5.82 Å². The average Bonchev–Trinajstić information content (AvgIpc) is 3.21. The second-order valence-corrected chi connectivity index (χ2v) is 6.12. The Hall–Kier alpha value is -3.18. The predicted octanol–water partition coefficient (Wildman–Crippen LogP) is 1.70. The fraction of sp³-hybridized carbons (Fsp3) is 0.400. The van der Waals surface area contributed by atoms with Gasteiger partial charge in [-0.3, -0.25) is 4.79 Å². The number of aliphatic carboxylic acids is 1. The van der Waals surface area contributed by atoms with E-state index in [0.29, 0.717) is 17.2 Å². The van der Waals surface area contributed by atoms with Crippen molar-refractivity contribution in [3.63, 3.8) is 0 Å². The molecule has 144 valence electrons. The predicted molar refractivity (Wildman–Crippen MR) is 85.2 cm³/mol. The van der Waals surface area contributed by atoms with E-state index in [1.165, 1.54) is 4.68 Å². The highest BCUT2D eigenvalue weighted by molar-refractivity contribution is 5.90. The second-order valence-electron chi connectivity index (χ2n) is 6.12. The van der Waals surface area contributed by atoms with Gasteiger partial charge in [0, 0.05) is 18.8 Å². The molecule has 2 heterocycles. The summed E-state index contributed by atoms with van der Waals surface area (Å²) in [4.78, 5) is 24.3. The van der Waals surface area contributed by atoms with Crippen LogP contribution in [0.5, 0.6) is 0 Å². The summed E-state index contributed by atoms with van der Waals surface area (Å²) >= 11 is 0. The molecule has 0 saturated carbocycles. The largest absolute Gasteiger partial charge is 0.481 e. The van der Waals surface area contributed by atoms with Gasteiger partial charge in [-0.15, -0.1) is 5.10 Å². The molecule has 1 saturated heterocycles. The molecule has 1 fully saturated rings. The molecule has 3 rings (SSSR count). The van der Waals surface area contributed by atoms with Gasteiger partial charge < -0.3 is 15.3 Å². The maximum absolute atomic E-state index is 13.0. The highest BCUT2D eigenvalue weighted by Gasteiger charge is 2.53. The molecule has 1 aromatic carbocycles. The highest BCUT2D eigenvalue weighted by Crippen LogP contribution is 2.37. The number of tetrazole rings is 1. The fourth-order valence-electron chi connectivity index (χ4n) is 2.94. The lowest BCUT2D eigenvalue weighted by molar-refractivity contribution is -0.187. The first-order chi connectivity index (χ1) is 12.7. The number of nitrogens with one attached hydrogen (secondary N) is 1. The lowest BCUT2D eigenvalue weighted by Crippen LogP contribution is -2.35. The number of nitrogens with zero attached hydrogens (tertiary/aromatic N) is 5. The van der Waals surface area contributed by atoms with Crippen LogP contribution in [0.4, 0.5) is 23.7 Å². The molecular formula is C15H15F3N6O3. The molecule has 27 heavy (non-hydrogen) atoms. The molecule has 0 radical (unpaired) electrons. The molecule has 0 bridgehead atoms. The minimum Gasteiger partial charge on any atom is -0.481 e. The number of alkyl halides is 3. The Morgan fingerprint density at radius 3 is 2.59 bits per heavy atom. The van der Waals surface area contributed by atoms with Crippen LogP contribution in [0.2, 0.25) is 0 Å². The van der Waals surface area contributed by atoms with Gasteiger partial charge in [-0.05, 0) is 35.5 Å². The number of carbonyl (C=O) groups excluding carboxylic acids is 1. The summed E-state index contributed by atoms with van der Waals surface area (Å²) in [5, 5.41) is 22.6. The van der Waals surface area contributed by atoms with Crippen molar-refractivity contribution in [1.82, 2.24) is 25.1 Å². The third-order valence-corrected chi connectivity index (χ3v) is 4.31. The number of anilines is 1. The van der Waals surface area contributed by atoms with Crippen LogP contribution >= 0.6 is 0 Å². The van der Waals surface area contributed by atoms with Crippen molar-refractivity contribution in [3.8, 4) is 5.69 Å². The summed E-state index contributed by atoms with van der Waals surface area (Å²) in [6.45, 7) is 0.452.